The average Bonchev–Trinajstić information content (AvgIpc) is 2.28. The number of rotatable bonds is 4. The van der Waals surface area contributed by atoms with E-state index in [2.05, 4.69) is 5.32 Å². The summed E-state index contributed by atoms with van der Waals surface area (Å²) >= 11 is 0. The number of benzene rings is 1. The lowest BCUT2D eigenvalue weighted by Crippen LogP contribution is -2.29. The highest BCUT2D eigenvalue weighted by Crippen LogP contribution is 2.27. The van der Waals surface area contributed by atoms with Gasteiger partial charge >= 0.3 is 0 Å². The van der Waals surface area contributed by atoms with E-state index in [-0.39, 0.29) is 5.56 Å². The van der Waals surface area contributed by atoms with Crippen molar-refractivity contribution in [3.8, 4) is 6.07 Å². The first kappa shape index (κ1) is 15.1. The molecule has 1 aromatic carbocycles. The molecule has 0 heterocycles. The van der Waals surface area contributed by atoms with Crippen molar-refractivity contribution in [2.45, 2.75) is 25.9 Å². The minimum absolute atomic E-state index is 0.169. The Bertz CT molecular complexity index is 487. The van der Waals surface area contributed by atoms with E-state index in [1.54, 1.807) is 6.07 Å². The number of nitriles is 1. The van der Waals surface area contributed by atoms with Gasteiger partial charge in [0.2, 0.25) is 5.91 Å². The second kappa shape index (κ2) is 5.76. The minimum atomic E-state index is -2.95. The van der Waals surface area contributed by atoms with Crippen LogP contribution in [0.2, 0.25) is 0 Å². The molecule has 0 aliphatic rings. The van der Waals surface area contributed by atoms with Crippen molar-refractivity contribution in [3.05, 3.63) is 29.8 Å². The molecule has 4 nitrogen and oxygen atoms in total. The molecule has 0 bridgehead atoms. The first-order valence-electron chi connectivity index (χ1n) is 5.62. The number of aliphatic hydroxyl groups excluding tert-OH is 1. The molecule has 19 heavy (non-hydrogen) atoms. The fourth-order valence-corrected chi connectivity index (χ4v) is 1.45. The summed E-state index contributed by atoms with van der Waals surface area (Å²) in [5.41, 5.74) is 0.122. The number of halogens is 2. The quantitative estimate of drug-likeness (QED) is 0.879. The fourth-order valence-electron chi connectivity index (χ4n) is 1.45. The van der Waals surface area contributed by atoms with E-state index in [9.17, 15) is 18.7 Å². The average molecular weight is 268 g/mol. The van der Waals surface area contributed by atoms with Gasteiger partial charge in [-0.15, -0.1) is 0 Å². The Kier molecular flexibility index (Phi) is 4.57. The van der Waals surface area contributed by atoms with Crippen LogP contribution in [0.4, 0.5) is 14.5 Å². The zero-order valence-electron chi connectivity index (χ0n) is 10.5. The number of anilines is 1. The Balaban J connectivity index is 2.79. The molecule has 0 radical (unpaired) electrons. The molecule has 2 N–H and O–H groups in total. The smallest absolute Gasteiger partial charge is 0.270 e. The van der Waals surface area contributed by atoms with E-state index in [1.165, 1.54) is 31.2 Å². The summed E-state index contributed by atoms with van der Waals surface area (Å²) in [6.45, 7) is 2.11. The van der Waals surface area contributed by atoms with E-state index in [0.717, 1.165) is 6.92 Å². The second-order valence-corrected chi connectivity index (χ2v) is 4.30. The van der Waals surface area contributed by atoms with Crippen LogP contribution in [0.3, 0.4) is 0 Å². The molecule has 1 amide bonds. The standard InChI is InChI=1S/C13H14F2N2O2/c1-8(18)11(7-16)12(19)17-10-5-3-9(4-6-10)13(2,14)15/h3-6,8,11,18H,1-2H3,(H,17,19). The van der Waals surface area contributed by atoms with E-state index < -0.39 is 23.9 Å². The summed E-state index contributed by atoms with van der Waals surface area (Å²) in [6, 6.07) is 6.70. The molecule has 0 spiro atoms. The van der Waals surface area contributed by atoms with Crippen LogP contribution in [0.5, 0.6) is 0 Å². The molecule has 0 aromatic heterocycles. The summed E-state index contributed by atoms with van der Waals surface area (Å²) in [4.78, 5) is 11.6. The Morgan fingerprint density at radius 2 is 1.95 bits per heavy atom. The lowest BCUT2D eigenvalue weighted by molar-refractivity contribution is -0.120. The maximum atomic E-state index is 13.0. The highest BCUT2D eigenvalue weighted by atomic mass is 19.3. The van der Waals surface area contributed by atoms with Gasteiger partial charge in [-0.05, 0) is 19.1 Å². The van der Waals surface area contributed by atoms with Crippen LogP contribution >= 0.6 is 0 Å². The zero-order chi connectivity index (χ0) is 14.6. The number of carbonyl (C=O) groups is 1. The summed E-state index contributed by atoms with van der Waals surface area (Å²) in [5, 5.41) is 20.3. The van der Waals surface area contributed by atoms with Crippen LogP contribution in [-0.2, 0) is 10.7 Å². The molecule has 0 saturated heterocycles. The maximum absolute atomic E-state index is 13.0. The van der Waals surface area contributed by atoms with Crippen molar-refractivity contribution < 1.29 is 18.7 Å². The molecule has 0 aliphatic carbocycles. The number of hydrogen-bond donors (Lipinski definition) is 2. The molecular weight excluding hydrogens is 254 g/mol. The van der Waals surface area contributed by atoms with Crippen molar-refractivity contribution in [1.82, 2.24) is 0 Å². The van der Waals surface area contributed by atoms with Gasteiger partial charge in [0, 0.05) is 18.2 Å². The van der Waals surface area contributed by atoms with Crippen LogP contribution in [0, 0.1) is 17.2 Å². The molecule has 1 rings (SSSR count). The van der Waals surface area contributed by atoms with Gasteiger partial charge < -0.3 is 10.4 Å². The molecule has 0 fully saturated rings. The predicted octanol–water partition coefficient (Wildman–Crippen LogP) is 2.26. The Hall–Kier alpha value is -2.00. The zero-order valence-corrected chi connectivity index (χ0v) is 10.5. The van der Waals surface area contributed by atoms with Gasteiger partial charge in [-0.2, -0.15) is 5.26 Å². The van der Waals surface area contributed by atoms with Crippen LogP contribution in [-0.4, -0.2) is 17.1 Å². The Morgan fingerprint density at radius 1 is 1.42 bits per heavy atom. The van der Waals surface area contributed by atoms with E-state index in [0.29, 0.717) is 5.69 Å². The maximum Gasteiger partial charge on any atom is 0.270 e. The first-order valence-corrected chi connectivity index (χ1v) is 5.62. The Morgan fingerprint density at radius 3 is 2.32 bits per heavy atom. The number of alkyl halides is 2. The molecule has 1 aromatic rings. The highest BCUT2D eigenvalue weighted by molar-refractivity contribution is 5.94. The minimum Gasteiger partial charge on any atom is -0.391 e. The van der Waals surface area contributed by atoms with Crippen LogP contribution in [0.25, 0.3) is 0 Å². The van der Waals surface area contributed by atoms with Crippen molar-refractivity contribution >= 4 is 11.6 Å². The lowest BCUT2D eigenvalue weighted by Gasteiger charge is -2.14. The van der Waals surface area contributed by atoms with Crippen molar-refractivity contribution in [2.24, 2.45) is 5.92 Å². The normalized spacial score (nSPS) is 14.3. The largest absolute Gasteiger partial charge is 0.391 e. The van der Waals surface area contributed by atoms with Gasteiger partial charge in [0.05, 0.1) is 12.2 Å². The molecule has 0 saturated carbocycles. The van der Waals surface area contributed by atoms with Crippen molar-refractivity contribution in [1.29, 1.82) is 5.26 Å². The molecule has 2 atom stereocenters. The molecule has 0 aliphatic heterocycles. The monoisotopic (exact) mass is 268 g/mol. The summed E-state index contributed by atoms with van der Waals surface area (Å²) < 4.78 is 25.9. The van der Waals surface area contributed by atoms with E-state index >= 15 is 0 Å². The fraction of sp³-hybridized carbons (Fsp3) is 0.385. The number of nitrogens with one attached hydrogen (secondary N) is 1. The van der Waals surface area contributed by atoms with Crippen LogP contribution in [0.15, 0.2) is 24.3 Å². The van der Waals surface area contributed by atoms with Crippen LogP contribution in [0.1, 0.15) is 19.4 Å². The molecule has 2 unspecified atom stereocenters. The van der Waals surface area contributed by atoms with Gasteiger partial charge in [-0.1, -0.05) is 12.1 Å². The molecule has 6 heteroatoms. The third kappa shape index (κ3) is 4.00. The van der Waals surface area contributed by atoms with Gasteiger partial charge in [0.25, 0.3) is 5.92 Å². The SMILES string of the molecule is CC(O)C(C#N)C(=O)Nc1ccc(C(C)(F)F)cc1. The predicted molar refractivity (Wildman–Crippen MR) is 65.4 cm³/mol. The number of nitrogens with zero attached hydrogens (tertiary/aromatic N) is 1. The van der Waals surface area contributed by atoms with Gasteiger partial charge in [0.1, 0.15) is 0 Å². The molecular formula is C13H14F2N2O2. The van der Waals surface area contributed by atoms with Crippen LogP contribution < -0.4 is 5.32 Å². The summed E-state index contributed by atoms with van der Waals surface area (Å²) in [7, 11) is 0. The second-order valence-electron chi connectivity index (χ2n) is 4.30. The third-order valence-electron chi connectivity index (χ3n) is 2.56. The van der Waals surface area contributed by atoms with Crippen molar-refractivity contribution in [2.75, 3.05) is 5.32 Å². The number of carbonyl (C=O) groups excluding carboxylic acids is 1. The first-order chi connectivity index (χ1) is 8.75. The highest BCUT2D eigenvalue weighted by Gasteiger charge is 2.25. The summed E-state index contributed by atoms with van der Waals surface area (Å²) in [5.74, 6) is -4.82. The topological polar surface area (TPSA) is 73.1 Å². The van der Waals surface area contributed by atoms with Gasteiger partial charge in [-0.25, -0.2) is 8.78 Å². The van der Waals surface area contributed by atoms with Crippen molar-refractivity contribution in [3.63, 3.8) is 0 Å². The third-order valence-corrected chi connectivity index (χ3v) is 2.56. The molecule has 102 valence electrons. The van der Waals surface area contributed by atoms with E-state index in [1.807, 2.05) is 0 Å². The number of amides is 1. The van der Waals surface area contributed by atoms with Gasteiger partial charge in [0.15, 0.2) is 5.92 Å². The lowest BCUT2D eigenvalue weighted by atomic mass is 10.0. The number of aliphatic hydroxyl groups is 1. The van der Waals surface area contributed by atoms with E-state index in [4.69, 9.17) is 5.26 Å². The number of hydrogen-bond acceptors (Lipinski definition) is 3. The van der Waals surface area contributed by atoms with Gasteiger partial charge in [-0.3, -0.25) is 4.79 Å². The summed E-state index contributed by atoms with van der Waals surface area (Å²) in [6.07, 6.45) is -1.11. The Labute approximate surface area is 109 Å².